The SMILES string of the molecule is COc1cc(/C=N\N=C(N)N)ccc1OC(=O)c1ccc(F)cc1. The van der Waals surface area contributed by atoms with Crippen molar-refractivity contribution in [2.75, 3.05) is 7.11 Å². The van der Waals surface area contributed by atoms with E-state index in [0.717, 1.165) is 0 Å². The van der Waals surface area contributed by atoms with Crippen molar-refractivity contribution < 1.29 is 18.7 Å². The third kappa shape index (κ3) is 4.54. The number of carbonyl (C=O) groups is 1. The van der Waals surface area contributed by atoms with Crippen LogP contribution in [0.25, 0.3) is 0 Å². The lowest BCUT2D eigenvalue weighted by Crippen LogP contribution is -2.21. The van der Waals surface area contributed by atoms with E-state index >= 15 is 0 Å². The highest BCUT2D eigenvalue weighted by Gasteiger charge is 2.12. The number of nitrogens with two attached hydrogens (primary N) is 2. The number of carbonyl (C=O) groups excluding carboxylic acids is 1. The molecule has 0 atom stereocenters. The quantitative estimate of drug-likeness (QED) is 0.285. The lowest BCUT2D eigenvalue weighted by molar-refractivity contribution is 0.0729. The number of methoxy groups -OCH3 is 1. The van der Waals surface area contributed by atoms with Crippen molar-refractivity contribution in [1.82, 2.24) is 0 Å². The fourth-order valence-electron chi connectivity index (χ4n) is 1.76. The molecule has 2 rings (SSSR count). The molecule has 0 radical (unpaired) electrons. The molecule has 24 heavy (non-hydrogen) atoms. The van der Waals surface area contributed by atoms with Gasteiger partial charge in [-0.05, 0) is 48.0 Å². The Kier molecular flexibility index (Phi) is 5.45. The zero-order valence-electron chi connectivity index (χ0n) is 12.8. The van der Waals surface area contributed by atoms with Gasteiger partial charge in [-0.2, -0.15) is 5.10 Å². The molecule has 2 aromatic carbocycles. The van der Waals surface area contributed by atoms with Crippen LogP contribution in [-0.2, 0) is 0 Å². The normalized spacial score (nSPS) is 10.4. The Hall–Kier alpha value is -3.42. The van der Waals surface area contributed by atoms with Gasteiger partial charge in [0.25, 0.3) is 0 Å². The molecule has 2 aromatic rings. The predicted molar refractivity (Wildman–Crippen MR) is 87.8 cm³/mol. The molecule has 0 amide bonds. The van der Waals surface area contributed by atoms with Crippen LogP contribution in [0.4, 0.5) is 4.39 Å². The van der Waals surface area contributed by atoms with Crippen LogP contribution >= 0.6 is 0 Å². The summed E-state index contributed by atoms with van der Waals surface area (Å²) in [5.41, 5.74) is 11.2. The molecular formula is C16H15FN4O3. The van der Waals surface area contributed by atoms with Crippen molar-refractivity contribution in [3.05, 3.63) is 59.4 Å². The molecular weight excluding hydrogens is 315 g/mol. The molecule has 0 bridgehead atoms. The van der Waals surface area contributed by atoms with Crippen LogP contribution in [0.3, 0.4) is 0 Å². The maximum absolute atomic E-state index is 12.9. The Morgan fingerprint density at radius 2 is 1.83 bits per heavy atom. The van der Waals surface area contributed by atoms with E-state index in [1.165, 1.54) is 43.7 Å². The van der Waals surface area contributed by atoms with E-state index in [2.05, 4.69) is 10.2 Å². The van der Waals surface area contributed by atoms with Crippen LogP contribution in [-0.4, -0.2) is 25.3 Å². The Morgan fingerprint density at radius 3 is 2.46 bits per heavy atom. The van der Waals surface area contributed by atoms with E-state index in [1.54, 1.807) is 12.1 Å². The second-order valence-corrected chi connectivity index (χ2v) is 4.58. The fourth-order valence-corrected chi connectivity index (χ4v) is 1.76. The van der Waals surface area contributed by atoms with Crippen molar-refractivity contribution in [2.45, 2.75) is 0 Å². The lowest BCUT2D eigenvalue weighted by atomic mass is 10.2. The monoisotopic (exact) mass is 330 g/mol. The van der Waals surface area contributed by atoms with Gasteiger partial charge in [0.2, 0.25) is 5.96 Å². The summed E-state index contributed by atoms with van der Waals surface area (Å²) in [5.74, 6) is -0.697. The van der Waals surface area contributed by atoms with E-state index in [4.69, 9.17) is 20.9 Å². The average molecular weight is 330 g/mol. The van der Waals surface area contributed by atoms with Crippen LogP contribution in [0.2, 0.25) is 0 Å². The van der Waals surface area contributed by atoms with Gasteiger partial charge in [0.1, 0.15) is 5.82 Å². The fraction of sp³-hybridized carbons (Fsp3) is 0.0625. The van der Waals surface area contributed by atoms with Crippen molar-refractivity contribution in [3.63, 3.8) is 0 Å². The average Bonchev–Trinajstić information content (AvgIpc) is 2.56. The zero-order chi connectivity index (χ0) is 17.5. The van der Waals surface area contributed by atoms with Crippen molar-refractivity contribution in [2.24, 2.45) is 21.7 Å². The molecule has 0 saturated carbocycles. The first-order valence-electron chi connectivity index (χ1n) is 6.77. The highest BCUT2D eigenvalue weighted by molar-refractivity contribution is 5.91. The molecule has 0 saturated heterocycles. The molecule has 0 spiro atoms. The van der Waals surface area contributed by atoms with Crippen molar-refractivity contribution >= 4 is 18.1 Å². The van der Waals surface area contributed by atoms with E-state index < -0.39 is 11.8 Å². The number of hydrogen-bond acceptors (Lipinski definition) is 5. The molecule has 0 fully saturated rings. The maximum Gasteiger partial charge on any atom is 0.343 e. The summed E-state index contributed by atoms with van der Waals surface area (Å²) in [6, 6.07) is 9.80. The molecule has 4 N–H and O–H groups in total. The van der Waals surface area contributed by atoms with E-state index in [-0.39, 0.29) is 17.3 Å². The second-order valence-electron chi connectivity index (χ2n) is 4.58. The highest BCUT2D eigenvalue weighted by Crippen LogP contribution is 2.28. The number of nitrogens with zero attached hydrogens (tertiary/aromatic N) is 2. The van der Waals surface area contributed by atoms with Gasteiger partial charge in [0.15, 0.2) is 11.5 Å². The number of guanidine groups is 1. The lowest BCUT2D eigenvalue weighted by Gasteiger charge is -2.09. The maximum atomic E-state index is 12.9. The number of benzene rings is 2. The predicted octanol–water partition coefficient (Wildman–Crippen LogP) is 1.66. The molecule has 0 heterocycles. The van der Waals surface area contributed by atoms with E-state index in [9.17, 15) is 9.18 Å². The summed E-state index contributed by atoms with van der Waals surface area (Å²) in [6.45, 7) is 0. The molecule has 0 aliphatic carbocycles. The first-order valence-corrected chi connectivity index (χ1v) is 6.77. The van der Waals surface area contributed by atoms with Crippen molar-refractivity contribution in [1.29, 1.82) is 0 Å². The van der Waals surface area contributed by atoms with Crippen molar-refractivity contribution in [3.8, 4) is 11.5 Å². The molecule has 0 aromatic heterocycles. The molecule has 124 valence electrons. The largest absolute Gasteiger partial charge is 0.493 e. The number of esters is 1. The number of rotatable bonds is 5. The van der Waals surface area contributed by atoms with Gasteiger partial charge in [-0.25, -0.2) is 9.18 Å². The molecule has 0 aliphatic rings. The van der Waals surface area contributed by atoms with Gasteiger partial charge in [-0.15, -0.1) is 5.10 Å². The summed E-state index contributed by atoms with van der Waals surface area (Å²) in [4.78, 5) is 12.1. The topological polar surface area (TPSA) is 112 Å². The van der Waals surface area contributed by atoms with Gasteiger partial charge in [0.05, 0.1) is 18.9 Å². The van der Waals surface area contributed by atoms with E-state index in [1.807, 2.05) is 0 Å². The van der Waals surface area contributed by atoms with Gasteiger partial charge in [-0.3, -0.25) is 0 Å². The Balaban J connectivity index is 2.18. The Labute approximate surface area is 137 Å². The van der Waals surface area contributed by atoms with Gasteiger partial charge < -0.3 is 20.9 Å². The van der Waals surface area contributed by atoms with Crippen LogP contribution in [0.5, 0.6) is 11.5 Å². The van der Waals surface area contributed by atoms with Gasteiger partial charge in [0, 0.05) is 0 Å². The molecule has 7 nitrogen and oxygen atoms in total. The minimum Gasteiger partial charge on any atom is -0.493 e. The number of hydrogen-bond donors (Lipinski definition) is 2. The second kappa shape index (κ2) is 7.73. The van der Waals surface area contributed by atoms with E-state index in [0.29, 0.717) is 11.3 Å². The standard InChI is InChI=1S/C16H15FN4O3/c1-23-14-8-10(9-20-21-16(18)19)2-7-13(14)24-15(22)11-3-5-12(17)6-4-11/h2-9H,1H3,(H4,18,19,21)/b20-9-. The zero-order valence-corrected chi connectivity index (χ0v) is 12.8. The van der Waals surface area contributed by atoms with Gasteiger partial charge in [-0.1, -0.05) is 0 Å². The number of ether oxygens (including phenoxy) is 2. The smallest absolute Gasteiger partial charge is 0.343 e. The third-order valence-corrected chi connectivity index (χ3v) is 2.85. The minimum atomic E-state index is -0.629. The third-order valence-electron chi connectivity index (χ3n) is 2.85. The van der Waals surface area contributed by atoms with Crippen LogP contribution in [0.15, 0.2) is 52.7 Å². The Morgan fingerprint density at radius 1 is 1.12 bits per heavy atom. The first kappa shape index (κ1) is 16.9. The summed E-state index contributed by atoms with van der Waals surface area (Å²) in [6.07, 6.45) is 1.41. The van der Waals surface area contributed by atoms with Crippen LogP contribution in [0.1, 0.15) is 15.9 Å². The minimum absolute atomic E-state index is 0.164. The van der Waals surface area contributed by atoms with Crippen LogP contribution in [0, 0.1) is 5.82 Å². The molecule has 0 unspecified atom stereocenters. The first-order chi connectivity index (χ1) is 11.5. The summed E-state index contributed by atoms with van der Waals surface area (Å²) >= 11 is 0. The summed E-state index contributed by atoms with van der Waals surface area (Å²) < 4.78 is 23.3. The van der Waals surface area contributed by atoms with Crippen LogP contribution < -0.4 is 20.9 Å². The highest BCUT2D eigenvalue weighted by atomic mass is 19.1. The Bertz CT molecular complexity index is 784. The van der Waals surface area contributed by atoms with Gasteiger partial charge >= 0.3 is 5.97 Å². The molecule has 8 heteroatoms. The summed E-state index contributed by atoms with van der Waals surface area (Å²) in [5, 5.41) is 7.15. The molecule has 0 aliphatic heterocycles. The summed E-state index contributed by atoms with van der Waals surface area (Å²) in [7, 11) is 1.43. The number of halogens is 1.